The van der Waals surface area contributed by atoms with E-state index in [-0.39, 0.29) is 0 Å². The Bertz CT molecular complexity index is 624. The zero-order valence-corrected chi connectivity index (χ0v) is 10.8. The minimum absolute atomic E-state index is 0.660. The predicted molar refractivity (Wildman–Crippen MR) is 72.0 cm³/mol. The molecule has 0 aromatic carbocycles. The highest BCUT2D eigenvalue weighted by Crippen LogP contribution is 2.09. The van der Waals surface area contributed by atoms with E-state index in [1.807, 2.05) is 31.3 Å². The first-order chi connectivity index (χ1) is 8.81. The van der Waals surface area contributed by atoms with E-state index in [4.69, 9.17) is 0 Å². The molecule has 0 unspecified atom stereocenters. The van der Waals surface area contributed by atoms with Crippen molar-refractivity contribution in [2.45, 2.75) is 13.3 Å². The van der Waals surface area contributed by atoms with E-state index in [0.717, 1.165) is 29.3 Å². The molecule has 0 saturated carbocycles. The first kappa shape index (κ1) is 11.2. The first-order valence-electron chi connectivity index (χ1n) is 5.77. The number of hydrogen-bond acceptors (Lipinski definition) is 5. The number of aryl methyl sites for hydroxylation is 1. The number of rotatable bonds is 4. The molecule has 3 rings (SSSR count). The Balaban J connectivity index is 1.62. The average molecular weight is 259 g/mol. The first-order valence-corrected chi connectivity index (χ1v) is 6.65. The Morgan fingerprint density at radius 3 is 3.06 bits per heavy atom. The summed E-state index contributed by atoms with van der Waals surface area (Å²) < 4.78 is 1.76. The maximum absolute atomic E-state index is 4.42. The Hall–Kier alpha value is -1.95. The molecule has 0 saturated heterocycles. The molecule has 3 aromatic rings. The molecule has 0 bridgehead atoms. The van der Waals surface area contributed by atoms with Gasteiger partial charge in [0.15, 0.2) is 5.65 Å². The topological polar surface area (TPSA) is 55.1 Å². The van der Waals surface area contributed by atoms with Gasteiger partial charge in [-0.15, -0.1) is 16.4 Å². The number of fused-ring (bicyclic) bond motifs is 1. The molecule has 0 aliphatic heterocycles. The summed E-state index contributed by atoms with van der Waals surface area (Å²) in [4.78, 5) is 8.79. The van der Waals surface area contributed by atoms with Crippen LogP contribution >= 0.6 is 11.3 Å². The number of anilines is 1. The number of nitrogens with one attached hydrogen (secondary N) is 1. The van der Waals surface area contributed by atoms with Gasteiger partial charge in [0, 0.05) is 24.5 Å². The molecule has 0 spiro atoms. The van der Waals surface area contributed by atoms with Gasteiger partial charge in [0.05, 0.1) is 10.7 Å². The van der Waals surface area contributed by atoms with Gasteiger partial charge in [-0.05, 0) is 19.1 Å². The summed E-state index contributed by atoms with van der Waals surface area (Å²) in [6.45, 7) is 2.81. The quantitative estimate of drug-likeness (QED) is 0.780. The monoisotopic (exact) mass is 259 g/mol. The maximum atomic E-state index is 4.42. The smallest absolute Gasteiger partial charge is 0.243 e. The number of pyridine rings is 1. The van der Waals surface area contributed by atoms with Crippen LogP contribution in [0.1, 0.15) is 10.7 Å². The van der Waals surface area contributed by atoms with E-state index in [9.17, 15) is 0 Å². The molecule has 3 aromatic heterocycles. The number of hydrogen-bond donors (Lipinski definition) is 1. The van der Waals surface area contributed by atoms with Gasteiger partial charge in [0.1, 0.15) is 0 Å². The number of nitrogens with zero attached hydrogens (tertiary/aromatic N) is 4. The van der Waals surface area contributed by atoms with Gasteiger partial charge in [-0.3, -0.25) is 0 Å². The lowest BCUT2D eigenvalue weighted by molar-refractivity contribution is 0.923. The Morgan fingerprint density at radius 2 is 2.28 bits per heavy atom. The molecule has 0 aliphatic rings. The molecule has 0 radical (unpaired) electrons. The fourth-order valence-electron chi connectivity index (χ4n) is 1.73. The lowest BCUT2D eigenvalue weighted by Crippen LogP contribution is -2.06. The largest absolute Gasteiger partial charge is 0.353 e. The molecule has 0 amide bonds. The van der Waals surface area contributed by atoms with E-state index < -0.39 is 0 Å². The zero-order chi connectivity index (χ0) is 12.4. The molecular weight excluding hydrogens is 246 g/mol. The molecule has 18 heavy (non-hydrogen) atoms. The molecule has 0 atom stereocenters. The van der Waals surface area contributed by atoms with Crippen LogP contribution in [0.3, 0.4) is 0 Å². The van der Waals surface area contributed by atoms with Crippen LogP contribution in [-0.4, -0.2) is 26.1 Å². The summed E-state index contributed by atoms with van der Waals surface area (Å²) in [5, 5.41) is 10.7. The molecule has 1 N–H and O–H groups in total. The fraction of sp³-hybridized carbons (Fsp3) is 0.250. The van der Waals surface area contributed by atoms with Crippen LogP contribution in [0.2, 0.25) is 0 Å². The van der Waals surface area contributed by atoms with E-state index >= 15 is 0 Å². The van der Waals surface area contributed by atoms with Crippen molar-refractivity contribution < 1.29 is 0 Å². The van der Waals surface area contributed by atoms with Crippen molar-refractivity contribution >= 4 is 22.9 Å². The lowest BCUT2D eigenvalue weighted by atomic mass is 10.3. The molecule has 0 aliphatic carbocycles. The van der Waals surface area contributed by atoms with Gasteiger partial charge < -0.3 is 5.32 Å². The van der Waals surface area contributed by atoms with E-state index in [1.165, 1.54) is 0 Å². The lowest BCUT2D eigenvalue weighted by Gasteiger charge is -1.98. The number of thiazole rings is 1. The SMILES string of the molecule is Cc1nc(CCNc2nc3ccccn3n2)cs1. The molecule has 6 heteroatoms. The van der Waals surface area contributed by atoms with Crippen LogP contribution in [0.25, 0.3) is 5.65 Å². The van der Waals surface area contributed by atoms with E-state index in [2.05, 4.69) is 25.8 Å². The van der Waals surface area contributed by atoms with Crippen LogP contribution in [0.15, 0.2) is 29.8 Å². The summed E-state index contributed by atoms with van der Waals surface area (Å²) in [5.74, 6) is 0.660. The van der Waals surface area contributed by atoms with Crippen LogP contribution in [0.5, 0.6) is 0 Å². The molecule has 3 heterocycles. The van der Waals surface area contributed by atoms with Crippen molar-refractivity contribution in [1.29, 1.82) is 0 Å². The summed E-state index contributed by atoms with van der Waals surface area (Å²) in [6, 6.07) is 5.82. The van der Waals surface area contributed by atoms with Gasteiger partial charge in [0.25, 0.3) is 0 Å². The van der Waals surface area contributed by atoms with Crippen molar-refractivity contribution in [1.82, 2.24) is 19.6 Å². The highest BCUT2D eigenvalue weighted by Gasteiger charge is 2.02. The van der Waals surface area contributed by atoms with Gasteiger partial charge in [0.2, 0.25) is 5.95 Å². The third-order valence-electron chi connectivity index (χ3n) is 2.57. The Morgan fingerprint density at radius 1 is 1.33 bits per heavy atom. The second-order valence-corrected chi connectivity index (χ2v) is 5.04. The average Bonchev–Trinajstić information content (AvgIpc) is 2.95. The number of aromatic nitrogens is 4. The van der Waals surface area contributed by atoms with Gasteiger partial charge in [-0.1, -0.05) is 6.07 Å². The van der Waals surface area contributed by atoms with Gasteiger partial charge >= 0.3 is 0 Å². The van der Waals surface area contributed by atoms with Gasteiger partial charge in [-0.2, -0.15) is 4.98 Å². The van der Waals surface area contributed by atoms with Crippen LogP contribution in [-0.2, 0) is 6.42 Å². The standard InChI is InChI=1S/C12H13N5S/c1-9-14-10(8-18-9)5-6-13-12-15-11-4-2-3-7-17(11)16-12/h2-4,7-8H,5-6H2,1H3,(H,13,16). The minimum atomic E-state index is 0.660. The van der Waals surface area contributed by atoms with E-state index in [0.29, 0.717) is 5.95 Å². The maximum Gasteiger partial charge on any atom is 0.243 e. The minimum Gasteiger partial charge on any atom is -0.353 e. The molecular formula is C12H13N5S. The third kappa shape index (κ3) is 2.33. The predicted octanol–water partition coefficient (Wildman–Crippen LogP) is 2.15. The van der Waals surface area contributed by atoms with Crippen molar-refractivity contribution in [2.75, 3.05) is 11.9 Å². The van der Waals surface area contributed by atoms with Gasteiger partial charge in [-0.25, -0.2) is 9.50 Å². The second kappa shape index (κ2) is 4.73. The summed E-state index contributed by atoms with van der Waals surface area (Å²) in [5.41, 5.74) is 1.97. The summed E-state index contributed by atoms with van der Waals surface area (Å²) in [7, 11) is 0. The highest BCUT2D eigenvalue weighted by atomic mass is 32.1. The van der Waals surface area contributed by atoms with E-state index in [1.54, 1.807) is 15.9 Å². The van der Waals surface area contributed by atoms with Crippen LogP contribution < -0.4 is 5.32 Å². The normalized spacial score (nSPS) is 10.9. The molecule has 0 fully saturated rings. The van der Waals surface area contributed by atoms with Crippen molar-refractivity contribution in [3.05, 3.63) is 40.5 Å². The summed E-state index contributed by atoms with van der Waals surface area (Å²) >= 11 is 1.68. The summed E-state index contributed by atoms with van der Waals surface area (Å²) in [6.07, 6.45) is 2.77. The molecule has 5 nitrogen and oxygen atoms in total. The van der Waals surface area contributed by atoms with Crippen molar-refractivity contribution in [3.63, 3.8) is 0 Å². The third-order valence-corrected chi connectivity index (χ3v) is 3.39. The molecule has 92 valence electrons. The van der Waals surface area contributed by atoms with Crippen LogP contribution in [0.4, 0.5) is 5.95 Å². The highest BCUT2D eigenvalue weighted by molar-refractivity contribution is 7.09. The Kier molecular flexibility index (Phi) is 2.93. The second-order valence-electron chi connectivity index (χ2n) is 3.97. The van der Waals surface area contributed by atoms with Crippen LogP contribution in [0, 0.1) is 6.92 Å². The van der Waals surface area contributed by atoms with Crippen molar-refractivity contribution in [3.8, 4) is 0 Å². The zero-order valence-electron chi connectivity index (χ0n) is 10.00. The fourth-order valence-corrected chi connectivity index (χ4v) is 2.38. The van der Waals surface area contributed by atoms with Crippen molar-refractivity contribution in [2.24, 2.45) is 0 Å². The Labute approximate surface area is 109 Å².